The number of halogens is 1. The largest absolute Gasteiger partial charge is 0.489 e. The third kappa shape index (κ3) is 4.13. The van der Waals surface area contributed by atoms with Crippen LogP contribution in [0.3, 0.4) is 0 Å². The number of benzene rings is 2. The summed E-state index contributed by atoms with van der Waals surface area (Å²) in [7, 11) is -3.73. The Kier molecular flexibility index (Phi) is 5.62. The second-order valence-corrected chi connectivity index (χ2v) is 8.85. The summed E-state index contributed by atoms with van der Waals surface area (Å²) in [5, 5.41) is 2.85. The van der Waals surface area contributed by atoms with Crippen LogP contribution in [0.15, 0.2) is 42.5 Å². The molecule has 0 spiro atoms. The average Bonchev–Trinajstić information content (AvgIpc) is 2.89. The highest BCUT2D eigenvalue weighted by molar-refractivity contribution is 7.94. The van der Waals surface area contributed by atoms with Crippen LogP contribution in [0.1, 0.15) is 30.6 Å². The predicted octanol–water partition coefficient (Wildman–Crippen LogP) is 3.45. The standard InChI is InChI=1S/C19H19ClN2O5S/c1-12(2)27-17-6-4-3-5-16(17)21-19(24)14-11-13(7-8-15(14)20)22-18(23)9-10-28(22,25)26/h3-8,11-12H,9-10H2,1-2H3,(H,21,24). The highest BCUT2D eigenvalue weighted by Crippen LogP contribution is 2.31. The number of ether oxygens (including phenoxy) is 1. The maximum absolute atomic E-state index is 12.8. The third-order valence-electron chi connectivity index (χ3n) is 4.01. The van der Waals surface area contributed by atoms with Gasteiger partial charge in [-0.1, -0.05) is 23.7 Å². The number of nitrogens with zero attached hydrogens (tertiary/aromatic N) is 1. The zero-order valence-corrected chi connectivity index (χ0v) is 16.9. The summed E-state index contributed by atoms with van der Waals surface area (Å²) >= 11 is 6.15. The molecule has 0 radical (unpaired) electrons. The molecule has 1 aliphatic rings. The topological polar surface area (TPSA) is 92.8 Å². The molecule has 2 amide bonds. The Morgan fingerprint density at radius 2 is 1.93 bits per heavy atom. The summed E-state index contributed by atoms with van der Waals surface area (Å²) in [5.74, 6) is -0.842. The number of hydrogen-bond acceptors (Lipinski definition) is 5. The number of para-hydroxylation sites is 2. The van der Waals surface area contributed by atoms with Crippen molar-refractivity contribution in [2.24, 2.45) is 0 Å². The van der Waals surface area contributed by atoms with E-state index in [-0.39, 0.29) is 34.6 Å². The number of rotatable bonds is 5. The number of carbonyl (C=O) groups is 2. The molecule has 1 saturated heterocycles. The Morgan fingerprint density at radius 3 is 2.57 bits per heavy atom. The molecule has 0 aromatic heterocycles. The molecule has 1 aliphatic heterocycles. The molecule has 28 heavy (non-hydrogen) atoms. The Morgan fingerprint density at radius 1 is 1.21 bits per heavy atom. The second kappa shape index (κ2) is 7.81. The van der Waals surface area contributed by atoms with Crippen LogP contribution in [0, 0.1) is 0 Å². The van der Waals surface area contributed by atoms with Crippen molar-refractivity contribution in [3.05, 3.63) is 53.1 Å². The lowest BCUT2D eigenvalue weighted by Crippen LogP contribution is -2.29. The van der Waals surface area contributed by atoms with Crippen LogP contribution in [0.25, 0.3) is 0 Å². The number of hydrogen-bond donors (Lipinski definition) is 1. The first-order valence-corrected chi connectivity index (χ1v) is 10.6. The van der Waals surface area contributed by atoms with Crippen LogP contribution in [0.2, 0.25) is 5.02 Å². The molecule has 7 nitrogen and oxygen atoms in total. The van der Waals surface area contributed by atoms with Gasteiger partial charge in [0.15, 0.2) is 0 Å². The Labute approximate surface area is 168 Å². The molecule has 1 N–H and O–H groups in total. The van der Waals surface area contributed by atoms with Crippen molar-refractivity contribution in [2.45, 2.75) is 26.4 Å². The smallest absolute Gasteiger partial charge is 0.257 e. The molecule has 0 saturated carbocycles. The van der Waals surface area contributed by atoms with Gasteiger partial charge >= 0.3 is 0 Å². The summed E-state index contributed by atoms with van der Waals surface area (Å²) in [6.45, 7) is 3.73. The van der Waals surface area contributed by atoms with Gasteiger partial charge in [-0.2, -0.15) is 0 Å². The average molecular weight is 423 g/mol. The minimum absolute atomic E-state index is 0.0495. The van der Waals surface area contributed by atoms with E-state index in [1.54, 1.807) is 24.3 Å². The van der Waals surface area contributed by atoms with Gasteiger partial charge in [0.2, 0.25) is 15.9 Å². The summed E-state index contributed by atoms with van der Waals surface area (Å²) in [6.07, 6.45) is -0.178. The van der Waals surface area contributed by atoms with Crippen molar-refractivity contribution in [3.63, 3.8) is 0 Å². The van der Waals surface area contributed by atoms with Gasteiger partial charge in [-0.25, -0.2) is 12.7 Å². The SMILES string of the molecule is CC(C)Oc1ccccc1NC(=O)c1cc(N2C(=O)CCS2(=O)=O)ccc1Cl. The number of nitrogens with one attached hydrogen (secondary N) is 1. The first-order valence-electron chi connectivity index (χ1n) is 8.61. The normalized spacial score (nSPS) is 15.7. The van der Waals surface area contributed by atoms with Gasteiger partial charge in [-0.05, 0) is 44.2 Å². The fourth-order valence-electron chi connectivity index (χ4n) is 2.80. The minimum Gasteiger partial charge on any atom is -0.489 e. The van der Waals surface area contributed by atoms with E-state index in [2.05, 4.69) is 5.32 Å². The van der Waals surface area contributed by atoms with Gasteiger partial charge < -0.3 is 10.1 Å². The van der Waals surface area contributed by atoms with E-state index in [9.17, 15) is 18.0 Å². The number of carbonyl (C=O) groups excluding carboxylic acids is 2. The number of anilines is 2. The highest BCUT2D eigenvalue weighted by Gasteiger charge is 2.36. The fraction of sp³-hybridized carbons (Fsp3) is 0.263. The van der Waals surface area contributed by atoms with E-state index in [4.69, 9.17) is 16.3 Å². The molecule has 2 aromatic carbocycles. The van der Waals surface area contributed by atoms with Crippen LogP contribution in [0.4, 0.5) is 11.4 Å². The van der Waals surface area contributed by atoms with E-state index in [0.29, 0.717) is 11.4 Å². The lowest BCUT2D eigenvalue weighted by atomic mass is 10.1. The molecule has 1 fully saturated rings. The lowest BCUT2D eigenvalue weighted by Gasteiger charge is -2.17. The monoisotopic (exact) mass is 422 g/mol. The van der Waals surface area contributed by atoms with E-state index in [1.807, 2.05) is 13.8 Å². The molecule has 0 atom stereocenters. The maximum Gasteiger partial charge on any atom is 0.257 e. The van der Waals surface area contributed by atoms with Gasteiger partial charge in [-0.3, -0.25) is 9.59 Å². The van der Waals surface area contributed by atoms with Gasteiger partial charge in [0.05, 0.1) is 33.8 Å². The predicted molar refractivity (Wildman–Crippen MR) is 108 cm³/mol. The maximum atomic E-state index is 12.8. The molecule has 0 aliphatic carbocycles. The molecule has 1 heterocycles. The van der Waals surface area contributed by atoms with E-state index in [0.717, 1.165) is 4.31 Å². The summed E-state index contributed by atoms with van der Waals surface area (Å²) in [5.41, 5.74) is 0.588. The van der Waals surface area contributed by atoms with Crippen LogP contribution >= 0.6 is 11.6 Å². The quantitative estimate of drug-likeness (QED) is 0.796. The summed E-state index contributed by atoms with van der Waals surface area (Å²) in [4.78, 5) is 24.8. The fourth-order valence-corrected chi connectivity index (χ4v) is 4.45. The lowest BCUT2D eigenvalue weighted by molar-refractivity contribution is -0.116. The van der Waals surface area contributed by atoms with Crippen molar-refractivity contribution in [2.75, 3.05) is 15.4 Å². The van der Waals surface area contributed by atoms with Gasteiger partial charge in [0.25, 0.3) is 5.91 Å². The van der Waals surface area contributed by atoms with Crippen LogP contribution in [-0.4, -0.2) is 32.1 Å². The van der Waals surface area contributed by atoms with Gasteiger partial charge in [0.1, 0.15) is 5.75 Å². The zero-order valence-electron chi connectivity index (χ0n) is 15.3. The number of sulfonamides is 1. The van der Waals surface area contributed by atoms with Crippen molar-refractivity contribution in [3.8, 4) is 5.75 Å². The number of amides is 2. The molecule has 0 bridgehead atoms. The van der Waals surface area contributed by atoms with Crippen LogP contribution < -0.4 is 14.4 Å². The van der Waals surface area contributed by atoms with Crippen molar-refractivity contribution in [1.29, 1.82) is 0 Å². The van der Waals surface area contributed by atoms with E-state index < -0.39 is 21.8 Å². The minimum atomic E-state index is -3.73. The molecule has 148 valence electrons. The van der Waals surface area contributed by atoms with Crippen molar-refractivity contribution >= 4 is 44.8 Å². The van der Waals surface area contributed by atoms with Crippen LogP contribution in [-0.2, 0) is 14.8 Å². The van der Waals surface area contributed by atoms with Crippen LogP contribution in [0.5, 0.6) is 5.75 Å². The Hall–Kier alpha value is -2.58. The highest BCUT2D eigenvalue weighted by atomic mass is 35.5. The first kappa shape index (κ1) is 20.2. The molecular formula is C19H19ClN2O5S. The van der Waals surface area contributed by atoms with Gasteiger partial charge in [0, 0.05) is 6.42 Å². The molecular weight excluding hydrogens is 404 g/mol. The Balaban J connectivity index is 1.92. The molecule has 2 aromatic rings. The molecule has 3 rings (SSSR count). The van der Waals surface area contributed by atoms with Crippen molar-refractivity contribution < 1.29 is 22.7 Å². The second-order valence-electron chi connectivity index (χ2n) is 6.51. The first-order chi connectivity index (χ1) is 13.2. The zero-order chi connectivity index (χ0) is 20.5. The van der Waals surface area contributed by atoms with Crippen molar-refractivity contribution in [1.82, 2.24) is 0 Å². The molecule has 9 heteroatoms. The third-order valence-corrected chi connectivity index (χ3v) is 6.03. The van der Waals surface area contributed by atoms with E-state index in [1.165, 1.54) is 18.2 Å². The summed E-state index contributed by atoms with van der Waals surface area (Å²) < 4.78 is 30.7. The molecule has 0 unspecified atom stereocenters. The van der Waals surface area contributed by atoms with E-state index >= 15 is 0 Å². The Bertz CT molecular complexity index is 1040. The van der Waals surface area contributed by atoms with Gasteiger partial charge in [-0.15, -0.1) is 0 Å². The summed E-state index contributed by atoms with van der Waals surface area (Å²) in [6, 6.07) is 11.0.